The Morgan fingerprint density at radius 3 is 2.39 bits per heavy atom. The number of aliphatic carboxylic acids is 2. The number of nitrogens with one attached hydrogen (secondary N) is 2. The van der Waals surface area contributed by atoms with Crippen molar-refractivity contribution in [2.24, 2.45) is 5.73 Å². The highest BCUT2D eigenvalue weighted by Crippen LogP contribution is 2.06. The predicted molar refractivity (Wildman–Crippen MR) is 85.0 cm³/mol. The van der Waals surface area contributed by atoms with Crippen LogP contribution in [0.15, 0.2) is 0 Å². The van der Waals surface area contributed by atoms with Crippen molar-refractivity contribution in [3.05, 3.63) is 0 Å². The summed E-state index contributed by atoms with van der Waals surface area (Å²) >= 11 is 1.45. The summed E-state index contributed by atoms with van der Waals surface area (Å²) in [6.07, 6.45) is 0.719. The summed E-state index contributed by atoms with van der Waals surface area (Å²) in [6.45, 7) is 1.44. The maximum atomic E-state index is 11.9. The van der Waals surface area contributed by atoms with E-state index < -0.39 is 42.4 Å². The van der Waals surface area contributed by atoms with E-state index in [0.29, 0.717) is 5.75 Å². The van der Waals surface area contributed by atoms with Crippen LogP contribution in [0, 0.1) is 0 Å². The van der Waals surface area contributed by atoms with Gasteiger partial charge in [-0.25, -0.2) is 0 Å². The fraction of sp³-hybridized carbons (Fsp3) is 0.692. The van der Waals surface area contributed by atoms with Gasteiger partial charge in [0.05, 0.1) is 0 Å². The first-order valence-corrected chi connectivity index (χ1v) is 8.28. The van der Waals surface area contributed by atoms with Gasteiger partial charge in [0.15, 0.2) is 0 Å². The molecule has 0 saturated carbocycles. The summed E-state index contributed by atoms with van der Waals surface area (Å²) < 4.78 is 0. The number of carbonyl (C=O) groups is 4. The summed E-state index contributed by atoms with van der Waals surface area (Å²) in [5.74, 6) is -2.39. The molecule has 0 aromatic heterocycles. The molecule has 0 rings (SSSR count). The average molecular weight is 349 g/mol. The fourth-order valence-electron chi connectivity index (χ4n) is 1.49. The van der Waals surface area contributed by atoms with E-state index in [-0.39, 0.29) is 12.8 Å². The molecule has 23 heavy (non-hydrogen) atoms. The van der Waals surface area contributed by atoms with Crippen LogP contribution in [0.2, 0.25) is 0 Å². The van der Waals surface area contributed by atoms with Crippen molar-refractivity contribution in [2.75, 3.05) is 18.1 Å². The quantitative estimate of drug-likeness (QED) is 0.281. The number of nitrogens with two attached hydrogens (primary N) is 1. The lowest BCUT2D eigenvalue weighted by molar-refractivity contribution is -0.139. The molecule has 9 nitrogen and oxygen atoms in total. The summed E-state index contributed by atoms with van der Waals surface area (Å²) in [5.41, 5.74) is 5.31. The zero-order valence-corrected chi connectivity index (χ0v) is 13.7. The first-order valence-electron chi connectivity index (χ1n) is 7.12. The van der Waals surface area contributed by atoms with E-state index in [4.69, 9.17) is 15.9 Å². The SMILES string of the molecule is CCCSC[C@@H](NC(=O)CC[C@H](N)C(=O)O)C(=O)NCC(=O)O. The highest BCUT2D eigenvalue weighted by atomic mass is 32.2. The first kappa shape index (κ1) is 21.2. The smallest absolute Gasteiger partial charge is 0.322 e. The third-order valence-corrected chi connectivity index (χ3v) is 3.96. The lowest BCUT2D eigenvalue weighted by Crippen LogP contribution is -2.49. The zero-order valence-electron chi connectivity index (χ0n) is 12.9. The van der Waals surface area contributed by atoms with E-state index in [2.05, 4.69) is 10.6 Å². The Balaban J connectivity index is 4.48. The maximum absolute atomic E-state index is 11.9. The van der Waals surface area contributed by atoms with Gasteiger partial charge < -0.3 is 26.6 Å². The van der Waals surface area contributed by atoms with Gasteiger partial charge in [0, 0.05) is 12.2 Å². The molecule has 0 aliphatic rings. The minimum Gasteiger partial charge on any atom is -0.480 e. The van der Waals surface area contributed by atoms with Gasteiger partial charge in [-0.05, 0) is 18.6 Å². The van der Waals surface area contributed by atoms with Gasteiger partial charge in [0.25, 0.3) is 0 Å². The molecule has 0 bridgehead atoms. The largest absolute Gasteiger partial charge is 0.480 e. The van der Waals surface area contributed by atoms with Crippen molar-refractivity contribution < 1.29 is 29.4 Å². The van der Waals surface area contributed by atoms with Crippen molar-refractivity contribution in [2.45, 2.75) is 38.3 Å². The molecule has 2 atom stereocenters. The van der Waals surface area contributed by atoms with Crippen molar-refractivity contribution in [1.29, 1.82) is 0 Å². The molecular weight excluding hydrogens is 326 g/mol. The highest BCUT2D eigenvalue weighted by Gasteiger charge is 2.22. The number of thioether (sulfide) groups is 1. The fourth-order valence-corrected chi connectivity index (χ4v) is 2.42. The molecule has 2 amide bonds. The van der Waals surface area contributed by atoms with Gasteiger partial charge in [-0.3, -0.25) is 19.2 Å². The molecule has 0 aromatic rings. The van der Waals surface area contributed by atoms with Crippen molar-refractivity contribution in [1.82, 2.24) is 10.6 Å². The van der Waals surface area contributed by atoms with Crippen LogP contribution in [0.5, 0.6) is 0 Å². The molecule has 0 spiro atoms. The Labute approximate surface area is 138 Å². The number of carbonyl (C=O) groups excluding carboxylic acids is 2. The van der Waals surface area contributed by atoms with Crippen molar-refractivity contribution in [3.63, 3.8) is 0 Å². The van der Waals surface area contributed by atoms with Crippen LogP contribution in [0.4, 0.5) is 0 Å². The van der Waals surface area contributed by atoms with Crippen LogP contribution >= 0.6 is 11.8 Å². The summed E-state index contributed by atoms with van der Waals surface area (Å²) in [5, 5.41) is 21.9. The summed E-state index contributed by atoms with van der Waals surface area (Å²) in [4.78, 5) is 44.8. The number of hydrogen-bond donors (Lipinski definition) is 5. The molecule has 0 heterocycles. The molecule has 132 valence electrons. The standard InChI is InChI=1S/C13H23N3O6S/c1-2-5-23-7-9(12(20)15-6-11(18)19)16-10(17)4-3-8(14)13(21)22/h8-9H,2-7,14H2,1H3,(H,15,20)(H,16,17)(H,18,19)(H,21,22)/t8-,9+/m0/s1. The molecule has 10 heteroatoms. The third-order valence-electron chi connectivity index (χ3n) is 2.70. The first-order chi connectivity index (χ1) is 10.8. The number of hydrogen-bond acceptors (Lipinski definition) is 6. The third kappa shape index (κ3) is 10.5. The molecular formula is C13H23N3O6S. The summed E-state index contributed by atoms with van der Waals surface area (Å²) in [6, 6.07) is -2.02. The Morgan fingerprint density at radius 1 is 1.22 bits per heavy atom. The Kier molecular flexibility index (Phi) is 10.8. The van der Waals surface area contributed by atoms with Crippen LogP contribution in [0.1, 0.15) is 26.2 Å². The number of rotatable bonds is 12. The average Bonchev–Trinajstić information content (AvgIpc) is 2.49. The van der Waals surface area contributed by atoms with E-state index in [1.807, 2.05) is 6.92 Å². The molecule has 0 saturated heterocycles. The second kappa shape index (κ2) is 11.7. The Hall–Kier alpha value is -1.81. The second-order valence-electron chi connectivity index (χ2n) is 4.79. The topological polar surface area (TPSA) is 159 Å². The van der Waals surface area contributed by atoms with Crippen LogP contribution in [-0.2, 0) is 19.2 Å². The van der Waals surface area contributed by atoms with E-state index >= 15 is 0 Å². The van der Waals surface area contributed by atoms with Crippen molar-refractivity contribution in [3.8, 4) is 0 Å². The van der Waals surface area contributed by atoms with Crippen LogP contribution in [-0.4, -0.2) is 64.1 Å². The van der Waals surface area contributed by atoms with E-state index in [9.17, 15) is 19.2 Å². The van der Waals surface area contributed by atoms with Crippen LogP contribution in [0.25, 0.3) is 0 Å². The lowest BCUT2D eigenvalue weighted by Gasteiger charge is -2.18. The van der Waals surface area contributed by atoms with Crippen LogP contribution in [0.3, 0.4) is 0 Å². The van der Waals surface area contributed by atoms with Gasteiger partial charge in [0.1, 0.15) is 18.6 Å². The van der Waals surface area contributed by atoms with E-state index in [1.165, 1.54) is 11.8 Å². The van der Waals surface area contributed by atoms with Crippen molar-refractivity contribution >= 4 is 35.5 Å². The van der Waals surface area contributed by atoms with E-state index in [1.54, 1.807) is 0 Å². The molecule has 6 N–H and O–H groups in total. The molecule has 0 aliphatic heterocycles. The van der Waals surface area contributed by atoms with E-state index in [0.717, 1.165) is 12.2 Å². The van der Waals surface area contributed by atoms with Gasteiger partial charge in [-0.1, -0.05) is 6.92 Å². The molecule has 0 fully saturated rings. The minimum atomic E-state index is -1.20. The van der Waals surface area contributed by atoms with Gasteiger partial charge in [-0.15, -0.1) is 0 Å². The number of carboxylic acids is 2. The molecule has 0 radical (unpaired) electrons. The Bertz CT molecular complexity index is 432. The van der Waals surface area contributed by atoms with Gasteiger partial charge in [-0.2, -0.15) is 11.8 Å². The monoisotopic (exact) mass is 349 g/mol. The van der Waals surface area contributed by atoms with Gasteiger partial charge in [0.2, 0.25) is 11.8 Å². The molecule has 0 aliphatic carbocycles. The second-order valence-corrected chi connectivity index (χ2v) is 5.94. The maximum Gasteiger partial charge on any atom is 0.322 e. The lowest BCUT2D eigenvalue weighted by atomic mass is 10.1. The minimum absolute atomic E-state index is 0.0489. The molecule has 0 unspecified atom stereocenters. The molecule has 0 aromatic carbocycles. The van der Waals surface area contributed by atoms with Gasteiger partial charge >= 0.3 is 11.9 Å². The normalized spacial score (nSPS) is 13.0. The Morgan fingerprint density at radius 2 is 1.87 bits per heavy atom. The van der Waals surface area contributed by atoms with Crippen LogP contribution < -0.4 is 16.4 Å². The summed E-state index contributed by atoms with van der Waals surface area (Å²) in [7, 11) is 0. The highest BCUT2D eigenvalue weighted by molar-refractivity contribution is 7.99. The predicted octanol–water partition coefficient (Wildman–Crippen LogP) is -0.993. The zero-order chi connectivity index (χ0) is 17.8. The number of amides is 2. The number of carboxylic acid groups (broad SMARTS) is 2.